The average Bonchev–Trinajstić information content (AvgIpc) is 2.56. The molecule has 0 aromatic heterocycles. The van der Waals surface area contributed by atoms with Crippen LogP contribution in [0.4, 0.5) is 11.4 Å². The number of anilines is 2. The molecule has 108 valence electrons. The highest BCUT2D eigenvalue weighted by atomic mass is 16.7. The molecule has 0 unspecified atom stereocenters. The van der Waals surface area contributed by atoms with Crippen molar-refractivity contribution >= 4 is 11.4 Å². The first-order chi connectivity index (χ1) is 10.3. The van der Waals surface area contributed by atoms with E-state index in [0.717, 1.165) is 24.2 Å². The lowest BCUT2D eigenvalue weighted by Gasteiger charge is -2.29. The molecule has 0 amide bonds. The van der Waals surface area contributed by atoms with Crippen LogP contribution in [-0.4, -0.2) is 17.3 Å². The third-order valence-electron chi connectivity index (χ3n) is 3.52. The molecule has 1 aliphatic rings. The Kier molecular flexibility index (Phi) is 4.34. The van der Waals surface area contributed by atoms with Gasteiger partial charge in [0.15, 0.2) is 0 Å². The van der Waals surface area contributed by atoms with E-state index in [1.165, 1.54) is 0 Å². The van der Waals surface area contributed by atoms with E-state index in [1.54, 1.807) is 0 Å². The molecule has 2 aromatic rings. The maximum atomic E-state index is 9.54. The van der Waals surface area contributed by atoms with Crippen LogP contribution in [0, 0.1) is 0 Å². The number of benzene rings is 2. The Bertz CT molecular complexity index is 543. The maximum absolute atomic E-state index is 9.54. The van der Waals surface area contributed by atoms with Crippen LogP contribution in [0.3, 0.4) is 0 Å². The molecule has 3 nitrogen and oxygen atoms in total. The van der Waals surface area contributed by atoms with Gasteiger partial charge in [-0.1, -0.05) is 48.6 Å². The Morgan fingerprint density at radius 2 is 1.38 bits per heavy atom. The molecule has 3 rings (SSSR count). The van der Waals surface area contributed by atoms with Crippen molar-refractivity contribution in [3.05, 3.63) is 72.8 Å². The van der Waals surface area contributed by atoms with Crippen LogP contribution in [-0.2, 0) is 4.84 Å². The second-order valence-corrected chi connectivity index (χ2v) is 5.14. The van der Waals surface area contributed by atoms with Gasteiger partial charge in [0.25, 0.3) is 0 Å². The first kappa shape index (κ1) is 13.9. The van der Waals surface area contributed by atoms with Gasteiger partial charge in [-0.25, -0.2) is 5.06 Å². The van der Waals surface area contributed by atoms with E-state index >= 15 is 0 Å². The Balaban J connectivity index is 1.85. The standard InChI is InChI=1S/C18H19NO2/c20-17-11-13-18(14-12-17)21-19(15-7-3-1-4-8-15)16-9-5-2-6-10-16/h1-11,13,17-18,20H,12,14H2/t17-,18+/m0/s1. The van der Waals surface area contributed by atoms with Gasteiger partial charge in [0, 0.05) is 0 Å². The number of nitrogens with zero attached hydrogens (tertiary/aromatic N) is 1. The molecule has 1 N–H and O–H groups in total. The largest absolute Gasteiger partial charge is 0.389 e. The fourth-order valence-electron chi connectivity index (χ4n) is 2.40. The van der Waals surface area contributed by atoms with E-state index < -0.39 is 0 Å². The van der Waals surface area contributed by atoms with Gasteiger partial charge in [-0.15, -0.1) is 0 Å². The zero-order valence-electron chi connectivity index (χ0n) is 11.8. The lowest BCUT2D eigenvalue weighted by molar-refractivity contribution is 0.0610. The highest BCUT2D eigenvalue weighted by Crippen LogP contribution is 2.28. The number of para-hydroxylation sites is 2. The van der Waals surface area contributed by atoms with Crippen molar-refractivity contribution in [3.8, 4) is 0 Å². The van der Waals surface area contributed by atoms with E-state index in [0.29, 0.717) is 0 Å². The molecule has 0 radical (unpaired) electrons. The van der Waals surface area contributed by atoms with Gasteiger partial charge >= 0.3 is 0 Å². The van der Waals surface area contributed by atoms with Crippen LogP contribution in [0.15, 0.2) is 72.8 Å². The minimum atomic E-state index is -0.341. The molecule has 21 heavy (non-hydrogen) atoms. The summed E-state index contributed by atoms with van der Waals surface area (Å²) in [7, 11) is 0. The zero-order chi connectivity index (χ0) is 14.5. The van der Waals surface area contributed by atoms with Crippen molar-refractivity contribution in [3.63, 3.8) is 0 Å². The molecular weight excluding hydrogens is 262 g/mol. The van der Waals surface area contributed by atoms with Gasteiger partial charge in [0.2, 0.25) is 0 Å². The van der Waals surface area contributed by atoms with Gasteiger partial charge in [0.1, 0.15) is 6.10 Å². The van der Waals surface area contributed by atoms with Crippen LogP contribution in [0.2, 0.25) is 0 Å². The van der Waals surface area contributed by atoms with Crippen LogP contribution in [0.5, 0.6) is 0 Å². The third kappa shape index (κ3) is 3.51. The van der Waals surface area contributed by atoms with Crippen molar-refractivity contribution in [2.45, 2.75) is 25.0 Å². The van der Waals surface area contributed by atoms with Gasteiger partial charge in [-0.05, 0) is 37.1 Å². The normalized spacial score (nSPS) is 21.2. The minimum Gasteiger partial charge on any atom is -0.389 e. The SMILES string of the molecule is O[C@H]1C=C[C@@H](ON(c2ccccc2)c2ccccc2)CC1. The monoisotopic (exact) mass is 281 g/mol. The van der Waals surface area contributed by atoms with Crippen molar-refractivity contribution < 1.29 is 9.94 Å². The smallest absolute Gasteiger partial charge is 0.104 e. The average molecular weight is 281 g/mol. The number of hydrogen-bond acceptors (Lipinski definition) is 3. The zero-order valence-corrected chi connectivity index (χ0v) is 11.8. The highest BCUT2D eigenvalue weighted by molar-refractivity contribution is 5.60. The second-order valence-electron chi connectivity index (χ2n) is 5.14. The fourth-order valence-corrected chi connectivity index (χ4v) is 2.40. The molecule has 0 spiro atoms. The summed E-state index contributed by atoms with van der Waals surface area (Å²) in [4.78, 5) is 6.15. The molecular formula is C18H19NO2. The molecule has 0 saturated carbocycles. The summed E-state index contributed by atoms with van der Waals surface area (Å²) < 4.78 is 0. The third-order valence-corrected chi connectivity index (χ3v) is 3.52. The van der Waals surface area contributed by atoms with Gasteiger partial charge in [-0.3, -0.25) is 4.84 Å². The van der Waals surface area contributed by atoms with Gasteiger partial charge in [-0.2, -0.15) is 0 Å². The molecule has 0 fully saturated rings. The van der Waals surface area contributed by atoms with E-state index in [9.17, 15) is 5.11 Å². The van der Waals surface area contributed by atoms with E-state index in [1.807, 2.05) is 77.9 Å². The molecule has 0 heterocycles. The summed E-state index contributed by atoms with van der Waals surface area (Å²) in [6.07, 6.45) is 4.93. The molecule has 0 bridgehead atoms. The Morgan fingerprint density at radius 3 is 1.86 bits per heavy atom. The molecule has 2 atom stereocenters. The Labute approximate surface area is 125 Å². The first-order valence-corrected chi connectivity index (χ1v) is 7.26. The molecule has 1 aliphatic carbocycles. The highest BCUT2D eigenvalue weighted by Gasteiger charge is 2.19. The number of hydrogen-bond donors (Lipinski definition) is 1. The topological polar surface area (TPSA) is 32.7 Å². The minimum absolute atomic E-state index is 0.0196. The summed E-state index contributed by atoms with van der Waals surface area (Å²) >= 11 is 0. The summed E-state index contributed by atoms with van der Waals surface area (Å²) in [6, 6.07) is 20.0. The lowest BCUT2D eigenvalue weighted by Crippen LogP contribution is -2.27. The maximum Gasteiger partial charge on any atom is 0.104 e. The molecule has 3 heteroatoms. The lowest BCUT2D eigenvalue weighted by atomic mass is 10.0. The predicted octanol–water partition coefficient (Wildman–Crippen LogP) is 3.84. The molecule has 0 aliphatic heterocycles. The van der Waals surface area contributed by atoms with Crippen LogP contribution in [0.25, 0.3) is 0 Å². The van der Waals surface area contributed by atoms with Crippen LogP contribution < -0.4 is 5.06 Å². The quantitative estimate of drug-likeness (QED) is 0.683. The number of rotatable bonds is 4. The molecule has 2 aromatic carbocycles. The second kappa shape index (κ2) is 6.57. The van der Waals surface area contributed by atoms with Crippen molar-refractivity contribution in [1.82, 2.24) is 0 Å². The van der Waals surface area contributed by atoms with E-state index in [2.05, 4.69) is 0 Å². The summed E-state index contributed by atoms with van der Waals surface area (Å²) in [5.74, 6) is 0. The Morgan fingerprint density at radius 1 is 0.810 bits per heavy atom. The van der Waals surface area contributed by atoms with Crippen LogP contribution >= 0.6 is 0 Å². The van der Waals surface area contributed by atoms with Crippen molar-refractivity contribution in [2.75, 3.05) is 5.06 Å². The van der Waals surface area contributed by atoms with Gasteiger partial charge in [0.05, 0.1) is 17.5 Å². The number of aliphatic hydroxyl groups excluding tert-OH is 1. The van der Waals surface area contributed by atoms with Crippen molar-refractivity contribution in [1.29, 1.82) is 0 Å². The summed E-state index contributed by atoms with van der Waals surface area (Å²) in [5.41, 5.74) is 1.98. The first-order valence-electron chi connectivity index (χ1n) is 7.26. The molecule has 0 saturated heterocycles. The van der Waals surface area contributed by atoms with Gasteiger partial charge < -0.3 is 5.11 Å². The fraction of sp³-hybridized carbons (Fsp3) is 0.222. The summed E-state index contributed by atoms with van der Waals surface area (Å²) in [5, 5.41) is 11.4. The Hall–Kier alpha value is -2.10. The predicted molar refractivity (Wildman–Crippen MR) is 84.3 cm³/mol. The van der Waals surface area contributed by atoms with E-state index in [-0.39, 0.29) is 12.2 Å². The van der Waals surface area contributed by atoms with E-state index in [4.69, 9.17) is 4.84 Å². The van der Waals surface area contributed by atoms with Crippen LogP contribution in [0.1, 0.15) is 12.8 Å². The number of aliphatic hydroxyl groups is 1. The summed E-state index contributed by atoms with van der Waals surface area (Å²) in [6.45, 7) is 0. The van der Waals surface area contributed by atoms with Crippen molar-refractivity contribution in [2.24, 2.45) is 0 Å².